The van der Waals surface area contributed by atoms with E-state index < -0.39 is 0 Å². The third-order valence-corrected chi connectivity index (χ3v) is 6.99. The van der Waals surface area contributed by atoms with Gasteiger partial charge in [0, 0.05) is 27.4 Å². The maximum absolute atomic E-state index is 13.5. The Kier molecular flexibility index (Phi) is 4.83. The van der Waals surface area contributed by atoms with Gasteiger partial charge in [0.2, 0.25) is 0 Å². The first-order chi connectivity index (χ1) is 14.6. The van der Waals surface area contributed by atoms with Gasteiger partial charge in [0.25, 0.3) is 0 Å². The van der Waals surface area contributed by atoms with Gasteiger partial charge in [-0.3, -0.25) is 4.79 Å². The summed E-state index contributed by atoms with van der Waals surface area (Å²) in [6.45, 7) is 2.11. The molecule has 152 valence electrons. The third kappa shape index (κ3) is 3.39. The largest absolute Gasteiger partial charge is 0.497 e. The molecule has 0 saturated heterocycles. The van der Waals surface area contributed by atoms with E-state index in [0.717, 1.165) is 40.4 Å². The van der Waals surface area contributed by atoms with E-state index in [4.69, 9.17) is 4.74 Å². The molecule has 1 aliphatic carbocycles. The molecule has 2 aromatic carbocycles. The fraction of sp³-hybridized carbons (Fsp3) is 0.240. The average molecular weight is 417 g/mol. The molecular weight excluding hydrogens is 392 g/mol. The molecule has 3 aromatic rings. The van der Waals surface area contributed by atoms with Crippen molar-refractivity contribution in [3.63, 3.8) is 0 Å². The maximum Gasteiger partial charge on any atom is 0.163 e. The van der Waals surface area contributed by atoms with E-state index in [1.165, 1.54) is 9.75 Å². The van der Waals surface area contributed by atoms with Crippen LogP contribution in [-0.4, -0.2) is 12.9 Å². The summed E-state index contributed by atoms with van der Waals surface area (Å²) in [5, 5.41) is 7.24. The monoisotopic (exact) mass is 416 g/mol. The molecule has 1 aromatic heterocycles. The SMILES string of the molecule is COc1cccc([C@@H]2CC(=O)C3=C(C2)Nc2ccccc2N[C@H]3c2ccc(C)s2)c1. The molecule has 2 N–H and O–H groups in total. The number of Topliss-reactive ketones (excluding diaryl/α,β-unsaturated/α-hetero) is 1. The van der Waals surface area contributed by atoms with Crippen LogP contribution in [0.2, 0.25) is 0 Å². The minimum atomic E-state index is -0.131. The minimum Gasteiger partial charge on any atom is -0.497 e. The lowest BCUT2D eigenvalue weighted by Gasteiger charge is -2.29. The zero-order valence-corrected chi connectivity index (χ0v) is 17.9. The molecule has 0 spiro atoms. The standard InChI is InChI=1S/C25H24N2O2S/c1-15-10-11-23(30-15)25-24-21(26-19-8-3-4-9-20(19)27-25)13-17(14-22(24)28)16-6-5-7-18(12-16)29-2/h3-12,17,25-27H,13-14H2,1-2H3/t17-,25-/m0/s1. The first-order valence-electron chi connectivity index (χ1n) is 10.2. The number of thiophene rings is 1. The predicted octanol–water partition coefficient (Wildman–Crippen LogP) is 6.04. The third-order valence-electron chi connectivity index (χ3n) is 5.92. The highest BCUT2D eigenvalue weighted by atomic mass is 32.1. The van der Waals surface area contributed by atoms with Gasteiger partial charge in [-0.25, -0.2) is 0 Å². The zero-order valence-electron chi connectivity index (χ0n) is 17.1. The molecule has 30 heavy (non-hydrogen) atoms. The van der Waals surface area contributed by atoms with Crippen LogP contribution in [0.1, 0.15) is 40.1 Å². The second kappa shape index (κ2) is 7.65. The van der Waals surface area contributed by atoms with Crippen LogP contribution in [0.5, 0.6) is 5.75 Å². The van der Waals surface area contributed by atoms with Crippen molar-refractivity contribution in [2.75, 3.05) is 17.7 Å². The summed E-state index contributed by atoms with van der Waals surface area (Å²) in [6, 6.07) is 20.4. The molecule has 2 heterocycles. The fourth-order valence-electron chi connectivity index (χ4n) is 4.45. The predicted molar refractivity (Wildman–Crippen MR) is 122 cm³/mol. The van der Waals surface area contributed by atoms with Crippen molar-refractivity contribution in [2.45, 2.75) is 31.7 Å². The van der Waals surface area contributed by atoms with Crippen LogP contribution in [0.3, 0.4) is 0 Å². The van der Waals surface area contributed by atoms with Crippen LogP contribution < -0.4 is 15.4 Å². The number of carbonyl (C=O) groups excluding carboxylic acids is 1. The Morgan fingerprint density at radius 3 is 2.60 bits per heavy atom. The lowest BCUT2D eigenvalue weighted by Crippen LogP contribution is -2.26. The van der Waals surface area contributed by atoms with Crippen LogP contribution >= 0.6 is 11.3 Å². The number of ether oxygens (including phenoxy) is 1. The molecule has 0 fully saturated rings. The number of hydrogen-bond donors (Lipinski definition) is 2. The molecule has 0 amide bonds. The number of fused-ring (bicyclic) bond motifs is 1. The molecule has 5 rings (SSSR count). The topological polar surface area (TPSA) is 50.4 Å². The van der Waals surface area contributed by atoms with Crippen molar-refractivity contribution in [3.05, 3.63) is 87.3 Å². The van der Waals surface area contributed by atoms with Gasteiger partial charge in [-0.1, -0.05) is 24.3 Å². The van der Waals surface area contributed by atoms with E-state index in [0.29, 0.717) is 6.42 Å². The number of para-hydroxylation sites is 2. The van der Waals surface area contributed by atoms with Crippen molar-refractivity contribution in [1.82, 2.24) is 0 Å². The van der Waals surface area contributed by atoms with E-state index >= 15 is 0 Å². The number of benzene rings is 2. The first kappa shape index (κ1) is 18.9. The van der Waals surface area contributed by atoms with Gasteiger partial charge in [-0.15, -0.1) is 11.3 Å². The Morgan fingerprint density at radius 1 is 1.00 bits per heavy atom. The number of ketones is 1. The number of methoxy groups -OCH3 is 1. The molecule has 0 bridgehead atoms. The lowest BCUT2D eigenvalue weighted by atomic mass is 9.79. The van der Waals surface area contributed by atoms with Crippen molar-refractivity contribution in [1.29, 1.82) is 0 Å². The number of hydrogen-bond acceptors (Lipinski definition) is 5. The van der Waals surface area contributed by atoms with Gasteiger partial charge in [-0.2, -0.15) is 0 Å². The molecule has 0 radical (unpaired) electrons. The molecule has 0 saturated carbocycles. The Bertz CT molecular complexity index is 1150. The molecule has 1 aliphatic heterocycles. The second-order valence-corrected chi connectivity index (χ2v) is 9.21. The number of rotatable bonds is 3. The van der Waals surface area contributed by atoms with Gasteiger partial charge in [-0.05, 0) is 61.2 Å². The molecule has 2 atom stereocenters. The Hall–Kier alpha value is -3.05. The van der Waals surface area contributed by atoms with Gasteiger partial charge in [0.1, 0.15) is 5.75 Å². The molecule has 2 aliphatic rings. The highest BCUT2D eigenvalue weighted by Gasteiger charge is 2.36. The van der Waals surface area contributed by atoms with E-state index in [9.17, 15) is 4.79 Å². The average Bonchev–Trinajstić information content (AvgIpc) is 3.11. The second-order valence-electron chi connectivity index (χ2n) is 7.89. The van der Waals surface area contributed by atoms with Crippen LogP contribution in [-0.2, 0) is 4.79 Å². The van der Waals surface area contributed by atoms with Crippen LogP contribution in [0.25, 0.3) is 0 Å². The van der Waals surface area contributed by atoms with Crippen molar-refractivity contribution in [3.8, 4) is 5.75 Å². The summed E-state index contributed by atoms with van der Waals surface area (Å²) in [5.74, 6) is 1.16. The maximum atomic E-state index is 13.5. The first-order valence-corrected chi connectivity index (χ1v) is 11.0. The highest BCUT2D eigenvalue weighted by Crippen LogP contribution is 2.45. The number of nitrogens with one attached hydrogen (secondary N) is 2. The molecule has 4 nitrogen and oxygen atoms in total. The van der Waals surface area contributed by atoms with Crippen LogP contribution in [0, 0.1) is 6.92 Å². The smallest absolute Gasteiger partial charge is 0.163 e. The lowest BCUT2D eigenvalue weighted by molar-refractivity contribution is -0.116. The van der Waals surface area contributed by atoms with Crippen LogP contribution in [0.4, 0.5) is 11.4 Å². The van der Waals surface area contributed by atoms with E-state index in [1.54, 1.807) is 18.4 Å². The van der Waals surface area contributed by atoms with Gasteiger partial charge in [0.05, 0.1) is 24.5 Å². The number of allylic oxidation sites excluding steroid dienone is 1. The Morgan fingerprint density at radius 2 is 1.83 bits per heavy atom. The van der Waals surface area contributed by atoms with Crippen LogP contribution in [0.15, 0.2) is 71.9 Å². The molecule has 5 heteroatoms. The summed E-state index contributed by atoms with van der Waals surface area (Å²) >= 11 is 1.74. The minimum absolute atomic E-state index is 0.131. The summed E-state index contributed by atoms with van der Waals surface area (Å²) < 4.78 is 5.40. The summed E-state index contributed by atoms with van der Waals surface area (Å²) in [6.07, 6.45) is 1.30. The van der Waals surface area contributed by atoms with E-state index in [-0.39, 0.29) is 17.7 Å². The van der Waals surface area contributed by atoms with Crippen molar-refractivity contribution in [2.24, 2.45) is 0 Å². The zero-order chi connectivity index (χ0) is 20.7. The molecule has 0 unspecified atom stereocenters. The molecular formula is C25H24N2O2S. The van der Waals surface area contributed by atoms with Crippen molar-refractivity contribution >= 4 is 28.5 Å². The summed E-state index contributed by atoms with van der Waals surface area (Å²) in [7, 11) is 1.68. The van der Waals surface area contributed by atoms with Crippen molar-refractivity contribution < 1.29 is 9.53 Å². The number of anilines is 2. The number of carbonyl (C=O) groups is 1. The van der Waals surface area contributed by atoms with E-state index in [2.05, 4.69) is 47.9 Å². The Labute approximate surface area is 180 Å². The van der Waals surface area contributed by atoms with Gasteiger partial charge < -0.3 is 15.4 Å². The van der Waals surface area contributed by atoms with E-state index in [1.807, 2.05) is 30.3 Å². The highest BCUT2D eigenvalue weighted by molar-refractivity contribution is 7.12. The van der Waals surface area contributed by atoms with Gasteiger partial charge >= 0.3 is 0 Å². The summed E-state index contributed by atoms with van der Waals surface area (Å²) in [5.41, 5.74) is 5.07. The normalized spacial score (nSPS) is 20.5. The van der Waals surface area contributed by atoms with Gasteiger partial charge in [0.15, 0.2) is 5.78 Å². The Balaban J connectivity index is 1.59. The number of aryl methyl sites for hydroxylation is 1. The quantitative estimate of drug-likeness (QED) is 0.546. The summed E-state index contributed by atoms with van der Waals surface area (Å²) in [4.78, 5) is 15.9. The fourth-order valence-corrected chi connectivity index (χ4v) is 5.38.